The van der Waals surface area contributed by atoms with Crippen LogP contribution in [0.25, 0.3) is 0 Å². The van der Waals surface area contributed by atoms with E-state index in [9.17, 15) is 0 Å². The number of benzene rings is 1. The summed E-state index contributed by atoms with van der Waals surface area (Å²) in [5.41, 5.74) is 8.75. The Morgan fingerprint density at radius 1 is 1.29 bits per heavy atom. The first kappa shape index (κ1) is 12.9. The van der Waals surface area contributed by atoms with Gasteiger partial charge < -0.3 is 10.5 Å². The molecule has 1 aliphatic rings. The highest BCUT2D eigenvalue weighted by molar-refractivity contribution is 7.99. The number of rotatable bonds is 4. The van der Waals surface area contributed by atoms with Crippen LogP contribution in [0.1, 0.15) is 30.0 Å². The zero-order valence-corrected chi connectivity index (χ0v) is 11.2. The fraction of sp³-hybridized carbons (Fsp3) is 0.571. The zero-order chi connectivity index (χ0) is 12.1. The smallest absolute Gasteiger partial charge is 0.0476 e. The molecule has 1 saturated heterocycles. The van der Waals surface area contributed by atoms with Gasteiger partial charge in [0.15, 0.2) is 0 Å². The van der Waals surface area contributed by atoms with Crippen molar-refractivity contribution in [3.05, 3.63) is 35.4 Å². The van der Waals surface area contributed by atoms with E-state index >= 15 is 0 Å². The van der Waals surface area contributed by atoms with E-state index < -0.39 is 0 Å². The lowest BCUT2D eigenvalue weighted by Crippen LogP contribution is -2.21. The van der Waals surface area contributed by atoms with E-state index in [4.69, 9.17) is 10.5 Å². The van der Waals surface area contributed by atoms with E-state index in [0.29, 0.717) is 0 Å². The molecule has 1 aromatic carbocycles. The second-order valence-electron chi connectivity index (χ2n) is 4.66. The van der Waals surface area contributed by atoms with Gasteiger partial charge in [-0.3, -0.25) is 0 Å². The SMILES string of the molecule is Cc1ccc(C(N)CSC2CCOCC2)cc1. The molecule has 1 heterocycles. The molecule has 0 amide bonds. The molecule has 0 spiro atoms. The molecule has 0 radical (unpaired) electrons. The molecule has 2 N–H and O–H groups in total. The predicted molar refractivity (Wildman–Crippen MR) is 74.4 cm³/mol. The van der Waals surface area contributed by atoms with E-state index in [1.807, 2.05) is 11.8 Å². The molecule has 2 rings (SSSR count). The van der Waals surface area contributed by atoms with Crippen LogP contribution in [-0.2, 0) is 4.74 Å². The number of thioether (sulfide) groups is 1. The summed E-state index contributed by atoms with van der Waals surface area (Å²) in [6.45, 7) is 3.93. The normalized spacial score (nSPS) is 19.2. The highest BCUT2D eigenvalue weighted by Crippen LogP contribution is 2.25. The topological polar surface area (TPSA) is 35.2 Å². The molecule has 1 aromatic rings. The largest absolute Gasteiger partial charge is 0.381 e. The lowest BCUT2D eigenvalue weighted by molar-refractivity contribution is 0.1000. The lowest BCUT2D eigenvalue weighted by Gasteiger charge is -2.23. The Morgan fingerprint density at radius 3 is 2.59 bits per heavy atom. The number of ether oxygens (including phenoxy) is 1. The van der Waals surface area contributed by atoms with Gasteiger partial charge in [-0.1, -0.05) is 29.8 Å². The van der Waals surface area contributed by atoms with Gasteiger partial charge in [-0.2, -0.15) is 11.8 Å². The van der Waals surface area contributed by atoms with Crippen molar-refractivity contribution in [2.75, 3.05) is 19.0 Å². The molecule has 0 saturated carbocycles. The van der Waals surface area contributed by atoms with Crippen molar-refractivity contribution >= 4 is 11.8 Å². The molecule has 0 aromatic heterocycles. The zero-order valence-electron chi connectivity index (χ0n) is 10.4. The monoisotopic (exact) mass is 251 g/mol. The van der Waals surface area contributed by atoms with Crippen LogP contribution in [0.2, 0.25) is 0 Å². The summed E-state index contributed by atoms with van der Waals surface area (Å²) in [4.78, 5) is 0. The van der Waals surface area contributed by atoms with E-state index in [-0.39, 0.29) is 6.04 Å². The van der Waals surface area contributed by atoms with Crippen molar-refractivity contribution in [3.8, 4) is 0 Å². The third-order valence-electron chi connectivity index (χ3n) is 3.19. The number of aryl methyl sites for hydroxylation is 1. The summed E-state index contributed by atoms with van der Waals surface area (Å²) in [5, 5.41) is 0.736. The molecular weight excluding hydrogens is 230 g/mol. The Morgan fingerprint density at radius 2 is 1.94 bits per heavy atom. The van der Waals surface area contributed by atoms with Gasteiger partial charge in [0.1, 0.15) is 0 Å². The van der Waals surface area contributed by atoms with E-state index in [2.05, 4.69) is 31.2 Å². The molecule has 3 heteroatoms. The van der Waals surface area contributed by atoms with Crippen molar-refractivity contribution in [3.63, 3.8) is 0 Å². The Balaban J connectivity index is 1.80. The molecule has 94 valence electrons. The Bertz CT molecular complexity index is 333. The molecule has 0 aliphatic carbocycles. The highest BCUT2D eigenvalue weighted by Gasteiger charge is 2.16. The summed E-state index contributed by atoms with van der Waals surface area (Å²) >= 11 is 2.00. The summed E-state index contributed by atoms with van der Waals surface area (Å²) in [6.07, 6.45) is 2.34. The van der Waals surface area contributed by atoms with Gasteiger partial charge in [-0.05, 0) is 25.3 Å². The van der Waals surface area contributed by atoms with Crippen LogP contribution in [0.4, 0.5) is 0 Å². The molecule has 1 atom stereocenters. The minimum Gasteiger partial charge on any atom is -0.381 e. The maximum absolute atomic E-state index is 6.21. The summed E-state index contributed by atoms with van der Waals surface area (Å²) < 4.78 is 5.36. The summed E-state index contributed by atoms with van der Waals surface area (Å²) in [5.74, 6) is 1.01. The second-order valence-corrected chi connectivity index (χ2v) is 6.00. The molecule has 2 nitrogen and oxygen atoms in total. The molecular formula is C14H21NOS. The first-order valence-electron chi connectivity index (χ1n) is 6.27. The van der Waals surface area contributed by atoms with Gasteiger partial charge >= 0.3 is 0 Å². The van der Waals surface area contributed by atoms with Crippen LogP contribution in [0.5, 0.6) is 0 Å². The molecule has 1 fully saturated rings. The average Bonchev–Trinajstić information content (AvgIpc) is 2.38. The van der Waals surface area contributed by atoms with Gasteiger partial charge in [0.2, 0.25) is 0 Å². The summed E-state index contributed by atoms with van der Waals surface area (Å²) in [6, 6.07) is 8.71. The van der Waals surface area contributed by atoms with Crippen molar-refractivity contribution in [1.82, 2.24) is 0 Å². The summed E-state index contributed by atoms with van der Waals surface area (Å²) in [7, 11) is 0. The van der Waals surface area contributed by atoms with Crippen LogP contribution in [0.3, 0.4) is 0 Å². The quantitative estimate of drug-likeness (QED) is 0.893. The average molecular weight is 251 g/mol. The van der Waals surface area contributed by atoms with Gasteiger partial charge in [0.05, 0.1) is 0 Å². The second kappa shape index (κ2) is 6.43. The fourth-order valence-corrected chi connectivity index (χ4v) is 3.19. The van der Waals surface area contributed by atoms with Gasteiger partial charge in [-0.15, -0.1) is 0 Å². The molecule has 1 aliphatic heterocycles. The Kier molecular flexibility index (Phi) is 4.89. The van der Waals surface area contributed by atoms with Gasteiger partial charge in [0, 0.05) is 30.3 Å². The highest BCUT2D eigenvalue weighted by atomic mass is 32.2. The van der Waals surface area contributed by atoms with Crippen molar-refractivity contribution in [2.24, 2.45) is 5.73 Å². The maximum atomic E-state index is 6.21. The van der Waals surface area contributed by atoms with E-state index in [1.165, 1.54) is 24.0 Å². The minimum atomic E-state index is 0.156. The first-order valence-corrected chi connectivity index (χ1v) is 7.32. The Hall–Kier alpha value is -0.510. The molecule has 1 unspecified atom stereocenters. The lowest BCUT2D eigenvalue weighted by atomic mass is 10.1. The van der Waals surface area contributed by atoms with E-state index in [0.717, 1.165) is 24.2 Å². The number of hydrogen-bond donors (Lipinski definition) is 1. The van der Waals surface area contributed by atoms with Crippen LogP contribution in [0.15, 0.2) is 24.3 Å². The Labute approximate surface area is 108 Å². The molecule has 17 heavy (non-hydrogen) atoms. The third-order valence-corrected chi connectivity index (χ3v) is 4.68. The van der Waals surface area contributed by atoms with Crippen molar-refractivity contribution in [1.29, 1.82) is 0 Å². The fourth-order valence-electron chi connectivity index (χ4n) is 1.99. The van der Waals surface area contributed by atoms with Crippen LogP contribution in [-0.4, -0.2) is 24.2 Å². The van der Waals surface area contributed by atoms with Crippen LogP contribution in [0, 0.1) is 6.92 Å². The van der Waals surface area contributed by atoms with Crippen molar-refractivity contribution < 1.29 is 4.74 Å². The number of hydrogen-bond acceptors (Lipinski definition) is 3. The van der Waals surface area contributed by atoms with Crippen LogP contribution < -0.4 is 5.73 Å². The van der Waals surface area contributed by atoms with Gasteiger partial charge in [0.25, 0.3) is 0 Å². The minimum absolute atomic E-state index is 0.156. The standard InChI is InChI=1S/C14H21NOS/c1-11-2-4-12(5-3-11)14(15)10-17-13-6-8-16-9-7-13/h2-5,13-14H,6-10,15H2,1H3. The number of nitrogens with two attached hydrogens (primary N) is 1. The maximum Gasteiger partial charge on any atom is 0.0476 e. The van der Waals surface area contributed by atoms with Crippen LogP contribution >= 0.6 is 11.8 Å². The third kappa shape index (κ3) is 4.02. The molecule has 0 bridgehead atoms. The van der Waals surface area contributed by atoms with E-state index in [1.54, 1.807) is 0 Å². The van der Waals surface area contributed by atoms with Crippen molar-refractivity contribution in [2.45, 2.75) is 31.1 Å². The first-order chi connectivity index (χ1) is 8.25. The predicted octanol–water partition coefficient (Wildman–Crippen LogP) is 2.91. The van der Waals surface area contributed by atoms with Gasteiger partial charge in [-0.25, -0.2) is 0 Å².